The van der Waals surface area contributed by atoms with Crippen molar-refractivity contribution in [2.24, 2.45) is 0 Å². The van der Waals surface area contributed by atoms with Crippen molar-refractivity contribution in [3.05, 3.63) is 76.3 Å². The van der Waals surface area contributed by atoms with Gasteiger partial charge in [-0.05, 0) is 48.0 Å². The van der Waals surface area contributed by atoms with Gasteiger partial charge < -0.3 is 19.5 Å². The normalized spacial score (nSPS) is 12.9. The maximum absolute atomic E-state index is 12.6. The molecule has 174 valence electrons. The topological polar surface area (TPSA) is 85.9 Å². The molecule has 0 fully saturated rings. The predicted molar refractivity (Wildman–Crippen MR) is 128 cm³/mol. The number of anilines is 1. The lowest BCUT2D eigenvalue weighted by Gasteiger charge is -2.20. The number of para-hydroxylation sites is 1. The fourth-order valence-corrected chi connectivity index (χ4v) is 4.67. The summed E-state index contributed by atoms with van der Waals surface area (Å²) in [6, 6.07) is 16.9. The van der Waals surface area contributed by atoms with Crippen LogP contribution in [0.3, 0.4) is 0 Å². The second-order valence-electron chi connectivity index (χ2n) is 7.19. The summed E-state index contributed by atoms with van der Waals surface area (Å²) in [7, 11) is -3.79. The molecule has 0 atom stereocenters. The minimum atomic E-state index is -3.79. The van der Waals surface area contributed by atoms with E-state index in [0.717, 1.165) is 5.56 Å². The first-order valence-electron chi connectivity index (χ1n) is 10.2. The van der Waals surface area contributed by atoms with Crippen molar-refractivity contribution < 1.29 is 22.6 Å². The second-order valence-corrected chi connectivity index (χ2v) is 9.68. The summed E-state index contributed by atoms with van der Waals surface area (Å²) in [5.41, 5.74) is 1.36. The van der Waals surface area contributed by atoms with Gasteiger partial charge >= 0.3 is 0 Å². The Hall–Kier alpha value is -2.65. The van der Waals surface area contributed by atoms with Crippen LogP contribution in [-0.4, -0.2) is 34.8 Å². The molecule has 0 saturated heterocycles. The summed E-state index contributed by atoms with van der Waals surface area (Å²) >= 11 is 11.8. The Bertz CT molecular complexity index is 1240. The van der Waals surface area contributed by atoms with E-state index in [4.69, 9.17) is 37.4 Å². The molecule has 0 radical (unpaired) electrons. The number of halogens is 2. The van der Waals surface area contributed by atoms with Crippen LogP contribution in [0.15, 0.2) is 65.6 Å². The van der Waals surface area contributed by atoms with E-state index in [9.17, 15) is 8.42 Å². The quantitative estimate of drug-likeness (QED) is 0.406. The zero-order valence-electron chi connectivity index (χ0n) is 17.5. The fourth-order valence-electron chi connectivity index (χ4n) is 3.23. The highest BCUT2D eigenvalue weighted by atomic mass is 35.5. The Morgan fingerprint density at radius 2 is 1.76 bits per heavy atom. The van der Waals surface area contributed by atoms with Gasteiger partial charge in [-0.25, -0.2) is 8.42 Å². The summed E-state index contributed by atoms with van der Waals surface area (Å²) in [5, 5.41) is 3.75. The molecule has 2 N–H and O–H groups in total. The van der Waals surface area contributed by atoms with Crippen molar-refractivity contribution in [2.75, 3.05) is 31.1 Å². The molecule has 1 aliphatic heterocycles. The van der Waals surface area contributed by atoms with E-state index in [2.05, 4.69) is 10.0 Å². The van der Waals surface area contributed by atoms with Crippen molar-refractivity contribution in [3.63, 3.8) is 0 Å². The van der Waals surface area contributed by atoms with Crippen LogP contribution in [0.4, 0.5) is 5.69 Å². The van der Waals surface area contributed by atoms with Gasteiger partial charge in [0.25, 0.3) is 10.0 Å². The minimum Gasteiger partial charge on any atom is -0.488 e. The van der Waals surface area contributed by atoms with Gasteiger partial charge in [-0.3, -0.25) is 4.72 Å². The van der Waals surface area contributed by atoms with E-state index < -0.39 is 10.0 Å². The number of hydrogen-bond donors (Lipinski definition) is 2. The third-order valence-corrected chi connectivity index (χ3v) is 6.89. The zero-order valence-corrected chi connectivity index (χ0v) is 19.8. The number of benzene rings is 3. The number of rotatable bonds is 9. The second kappa shape index (κ2) is 10.5. The molecule has 7 nitrogen and oxygen atoms in total. The Morgan fingerprint density at radius 3 is 2.61 bits per heavy atom. The minimum absolute atomic E-state index is 0.0371. The van der Waals surface area contributed by atoms with Crippen LogP contribution in [0.1, 0.15) is 5.56 Å². The first-order valence-corrected chi connectivity index (χ1v) is 12.5. The number of hydrogen-bond acceptors (Lipinski definition) is 6. The molecule has 1 heterocycles. The molecule has 3 aromatic rings. The number of sulfonamides is 1. The van der Waals surface area contributed by atoms with Gasteiger partial charge in [-0.1, -0.05) is 41.4 Å². The lowest BCUT2D eigenvalue weighted by atomic mass is 10.2. The average Bonchev–Trinajstić information content (AvgIpc) is 2.80. The van der Waals surface area contributed by atoms with E-state index >= 15 is 0 Å². The highest BCUT2D eigenvalue weighted by molar-refractivity contribution is 7.92. The molecule has 0 bridgehead atoms. The smallest absolute Gasteiger partial charge is 0.261 e. The van der Waals surface area contributed by atoms with Crippen molar-refractivity contribution >= 4 is 38.9 Å². The van der Waals surface area contributed by atoms with E-state index in [0.29, 0.717) is 60.9 Å². The first kappa shape index (κ1) is 23.5. The van der Waals surface area contributed by atoms with Gasteiger partial charge in [-0.2, -0.15) is 0 Å². The van der Waals surface area contributed by atoms with Crippen LogP contribution >= 0.6 is 23.2 Å². The molecule has 0 aliphatic carbocycles. The molecular weight excluding hydrogens is 487 g/mol. The van der Waals surface area contributed by atoms with Crippen molar-refractivity contribution in [2.45, 2.75) is 11.4 Å². The van der Waals surface area contributed by atoms with Gasteiger partial charge in [0.15, 0.2) is 11.5 Å². The summed E-state index contributed by atoms with van der Waals surface area (Å²) in [5.74, 6) is 1.96. The average molecular weight is 509 g/mol. The fraction of sp³-hybridized carbons (Fsp3) is 0.217. The molecule has 0 spiro atoms. The summed E-state index contributed by atoms with van der Waals surface area (Å²) in [6.07, 6.45) is 0. The van der Waals surface area contributed by atoms with Crippen molar-refractivity contribution in [1.82, 2.24) is 5.32 Å². The monoisotopic (exact) mass is 508 g/mol. The van der Waals surface area contributed by atoms with Crippen LogP contribution in [0, 0.1) is 0 Å². The molecule has 0 unspecified atom stereocenters. The van der Waals surface area contributed by atoms with E-state index in [1.54, 1.807) is 18.2 Å². The van der Waals surface area contributed by atoms with Gasteiger partial charge in [0.2, 0.25) is 5.75 Å². The lowest BCUT2D eigenvalue weighted by Crippen LogP contribution is -2.21. The van der Waals surface area contributed by atoms with E-state index in [1.165, 1.54) is 18.2 Å². The molecule has 3 aromatic carbocycles. The summed E-state index contributed by atoms with van der Waals surface area (Å²) in [6.45, 7) is 2.59. The third-order valence-electron chi connectivity index (χ3n) is 4.78. The number of nitrogens with one attached hydrogen (secondary N) is 2. The molecular formula is C23H22Cl2N2O5S. The molecule has 4 rings (SSSR count). The van der Waals surface area contributed by atoms with Crippen LogP contribution in [0.5, 0.6) is 17.2 Å². The number of fused-ring (bicyclic) bond motifs is 1. The summed E-state index contributed by atoms with van der Waals surface area (Å²) < 4.78 is 44.9. The Balaban J connectivity index is 1.29. The molecule has 0 amide bonds. The maximum Gasteiger partial charge on any atom is 0.261 e. The molecule has 0 aromatic heterocycles. The van der Waals surface area contributed by atoms with Crippen LogP contribution in [0.2, 0.25) is 10.0 Å². The highest BCUT2D eigenvalue weighted by Crippen LogP contribution is 2.38. The molecule has 33 heavy (non-hydrogen) atoms. The SMILES string of the molecule is O=S(=O)(Nc1cccc(CNCCOc2cccc3c2OCCO3)c1)c1ccc(Cl)c(Cl)c1. The summed E-state index contributed by atoms with van der Waals surface area (Å²) in [4.78, 5) is 0.0371. The Morgan fingerprint density at radius 1 is 0.939 bits per heavy atom. The Labute approximate surface area is 202 Å². The zero-order chi connectivity index (χ0) is 23.3. The van der Waals surface area contributed by atoms with Gasteiger partial charge in [0, 0.05) is 18.8 Å². The largest absolute Gasteiger partial charge is 0.488 e. The highest BCUT2D eigenvalue weighted by Gasteiger charge is 2.17. The molecule has 0 saturated carbocycles. The van der Waals surface area contributed by atoms with Gasteiger partial charge in [0.1, 0.15) is 19.8 Å². The predicted octanol–water partition coefficient (Wildman–Crippen LogP) is 4.73. The van der Waals surface area contributed by atoms with Crippen molar-refractivity contribution in [1.29, 1.82) is 0 Å². The van der Waals surface area contributed by atoms with E-state index in [-0.39, 0.29) is 9.92 Å². The standard InChI is InChI=1S/C23H22Cl2N2O5S/c24-19-8-7-18(14-20(19)25)33(28,29)27-17-4-1-3-16(13-17)15-26-9-10-30-21-5-2-6-22-23(21)32-12-11-31-22/h1-8,13-14,26-27H,9-12,15H2. The van der Waals surface area contributed by atoms with E-state index in [1.807, 2.05) is 24.3 Å². The molecule has 10 heteroatoms. The first-order chi connectivity index (χ1) is 15.9. The van der Waals surface area contributed by atoms with Crippen LogP contribution < -0.4 is 24.2 Å². The van der Waals surface area contributed by atoms with Gasteiger partial charge in [0.05, 0.1) is 14.9 Å². The Kier molecular flexibility index (Phi) is 7.49. The lowest BCUT2D eigenvalue weighted by molar-refractivity contribution is 0.162. The van der Waals surface area contributed by atoms with Crippen molar-refractivity contribution in [3.8, 4) is 17.2 Å². The number of ether oxygens (including phenoxy) is 3. The van der Waals surface area contributed by atoms with Gasteiger partial charge in [-0.15, -0.1) is 0 Å². The van der Waals surface area contributed by atoms with Crippen LogP contribution in [0.25, 0.3) is 0 Å². The third kappa shape index (κ3) is 6.03. The maximum atomic E-state index is 12.6. The molecule has 1 aliphatic rings. The van der Waals surface area contributed by atoms with Crippen LogP contribution in [-0.2, 0) is 16.6 Å².